The number of nitrogens with one attached hydrogen (secondary N) is 1. The number of anilines is 1. The van der Waals surface area contributed by atoms with Gasteiger partial charge < -0.3 is 19.5 Å². The lowest BCUT2D eigenvalue weighted by molar-refractivity contribution is -0.137. The van der Waals surface area contributed by atoms with Crippen molar-refractivity contribution in [3.63, 3.8) is 0 Å². The largest absolute Gasteiger partial charge is 0.495 e. The molecule has 0 radical (unpaired) electrons. The highest BCUT2D eigenvalue weighted by Gasteiger charge is 2.37. The van der Waals surface area contributed by atoms with Crippen LogP contribution >= 0.6 is 11.8 Å². The molecule has 3 amide bonds. The first-order valence-corrected chi connectivity index (χ1v) is 13.0. The van der Waals surface area contributed by atoms with E-state index in [0.29, 0.717) is 42.0 Å². The van der Waals surface area contributed by atoms with E-state index in [1.165, 1.54) is 13.2 Å². The number of hydrogen-bond donors (Lipinski definition) is 1. The van der Waals surface area contributed by atoms with Crippen LogP contribution in [0.1, 0.15) is 25.0 Å². The molecule has 1 heterocycles. The van der Waals surface area contributed by atoms with E-state index in [0.717, 1.165) is 33.9 Å². The number of imide groups is 1. The summed E-state index contributed by atoms with van der Waals surface area (Å²) in [4.78, 5) is 39.4. The first kappa shape index (κ1) is 28.8. The average Bonchev–Trinajstić information content (AvgIpc) is 3.17. The second-order valence-corrected chi connectivity index (χ2v) is 9.45. The van der Waals surface area contributed by atoms with Gasteiger partial charge in [0.25, 0.3) is 11.1 Å². The van der Waals surface area contributed by atoms with Gasteiger partial charge in [-0.1, -0.05) is 12.1 Å². The van der Waals surface area contributed by atoms with E-state index in [2.05, 4.69) is 5.32 Å². The van der Waals surface area contributed by atoms with Gasteiger partial charge in [-0.05, 0) is 78.9 Å². The molecular weight excluding hydrogens is 549 g/mol. The molecule has 1 N–H and O–H groups in total. The van der Waals surface area contributed by atoms with Crippen LogP contribution in [0.5, 0.6) is 17.2 Å². The number of fused-ring (bicyclic) bond motifs is 1. The third-order valence-corrected chi connectivity index (χ3v) is 6.76. The molecule has 0 unspecified atom stereocenters. The molecule has 0 saturated carbocycles. The SMILES string of the molecule is CCOc1ccc2ccc(OCC)c(/C=C3\SC(=O)N(CC(=O)Nc4cc(C(F)(F)F)ccc4OC)C3=O)c2c1. The summed E-state index contributed by atoms with van der Waals surface area (Å²) < 4.78 is 55.9. The number of thioether (sulfide) groups is 1. The Morgan fingerprint density at radius 3 is 2.38 bits per heavy atom. The second-order valence-electron chi connectivity index (χ2n) is 8.46. The number of alkyl halides is 3. The van der Waals surface area contributed by atoms with Crippen LogP contribution in [0.25, 0.3) is 16.8 Å². The lowest BCUT2D eigenvalue weighted by Crippen LogP contribution is -2.36. The Morgan fingerprint density at radius 1 is 1.00 bits per heavy atom. The fourth-order valence-electron chi connectivity index (χ4n) is 4.07. The summed E-state index contributed by atoms with van der Waals surface area (Å²) >= 11 is 0.646. The molecule has 0 spiro atoms. The van der Waals surface area contributed by atoms with Crippen molar-refractivity contribution in [3.05, 3.63) is 64.6 Å². The fourth-order valence-corrected chi connectivity index (χ4v) is 4.89. The summed E-state index contributed by atoms with van der Waals surface area (Å²) in [6.07, 6.45) is -3.12. The summed E-state index contributed by atoms with van der Waals surface area (Å²) in [6.45, 7) is 3.79. The summed E-state index contributed by atoms with van der Waals surface area (Å²) in [5.74, 6) is -0.497. The molecule has 8 nitrogen and oxygen atoms in total. The van der Waals surface area contributed by atoms with Gasteiger partial charge in [-0.25, -0.2) is 0 Å². The van der Waals surface area contributed by atoms with Crippen LogP contribution in [0.2, 0.25) is 0 Å². The molecule has 210 valence electrons. The quantitative estimate of drug-likeness (QED) is 0.298. The molecule has 0 atom stereocenters. The molecule has 0 bridgehead atoms. The van der Waals surface area contributed by atoms with Gasteiger partial charge in [0.15, 0.2) is 0 Å². The fraction of sp³-hybridized carbons (Fsp3) is 0.250. The number of amides is 3. The zero-order valence-corrected chi connectivity index (χ0v) is 22.6. The number of nitrogens with zero attached hydrogens (tertiary/aromatic N) is 1. The highest BCUT2D eigenvalue weighted by Crippen LogP contribution is 2.38. The van der Waals surface area contributed by atoms with Crippen LogP contribution in [0.15, 0.2) is 53.4 Å². The van der Waals surface area contributed by atoms with Crippen LogP contribution in [-0.2, 0) is 15.8 Å². The van der Waals surface area contributed by atoms with Gasteiger partial charge in [-0.3, -0.25) is 19.3 Å². The number of ether oxygens (including phenoxy) is 3. The predicted molar refractivity (Wildman–Crippen MR) is 146 cm³/mol. The predicted octanol–water partition coefficient (Wildman–Crippen LogP) is 6.34. The number of halogens is 3. The van der Waals surface area contributed by atoms with Crippen LogP contribution in [0.4, 0.5) is 23.7 Å². The Balaban J connectivity index is 1.61. The van der Waals surface area contributed by atoms with E-state index in [4.69, 9.17) is 14.2 Å². The first-order valence-electron chi connectivity index (χ1n) is 12.2. The number of benzene rings is 3. The lowest BCUT2D eigenvalue weighted by Gasteiger charge is -2.16. The van der Waals surface area contributed by atoms with Crippen molar-refractivity contribution in [3.8, 4) is 17.2 Å². The van der Waals surface area contributed by atoms with Crippen molar-refractivity contribution < 1.29 is 41.8 Å². The van der Waals surface area contributed by atoms with Crippen molar-refractivity contribution in [2.24, 2.45) is 0 Å². The van der Waals surface area contributed by atoms with E-state index in [1.54, 1.807) is 6.07 Å². The molecule has 1 saturated heterocycles. The maximum absolute atomic E-state index is 13.2. The van der Waals surface area contributed by atoms with Gasteiger partial charge in [-0.15, -0.1) is 0 Å². The third kappa shape index (κ3) is 6.17. The van der Waals surface area contributed by atoms with Crippen LogP contribution < -0.4 is 19.5 Å². The van der Waals surface area contributed by atoms with Gasteiger partial charge in [0.05, 0.1) is 36.5 Å². The molecular formula is C28H25F3N2O6S. The molecule has 3 aromatic carbocycles. The summed E-state index contributed by atoms with van der Waals surface area (Å²) in [6, 6.07) is 11.7. The van der Waals surface area contributed by atoms with Crippen molar-refractivity contribution in [2.75, 3.05) is 32.2 Å². The molecule has 4 rings (SSSR count). The Labute approximate surface area is 232 Å². The van der Waals surface area contributed by atoms with Gasteiger partial charge in [0.1, 0.15) is 23.8 Å². The number of carbonyl (C=O) groups excluding carboxylic acids is 3. The number of carbonyl (C=O) groups is 3. The van der Waals surface area contributed by atoms with E-state index >= 15 is 0 Å². The van der Waals surface area contributed by atoms with Gasteiger partial charge in [0, 0.05) is 5.56 Å². The molecule has 0 aliphatic carbocycles. The minimum absolute atomic E-state index is 0.0128. The van der Waals surface area contributed by atoms with Crippen molar-refractivity contribution in [1.29, 1.82) is 0 Å². The van der Waals surface area contributed by atoms with E-state index in [9.17, 15) is 27.6 Å². The van der Waals surface area contributed by atoms with Gasteiger partial charge >= 0.3 is 6.18 Å². The Bertz CT molecular complexity index is 1500. The van der Waals surface area contributed by atoms with Crippen LogP contribution in [0, 0.1) is 0 Å². The second kappa shape index (κ2) is 11.9. The van der Waals surface area contributed by atoms with E-state index in [1.807, 2.05) is 38.1 Å². The summed E-state index contributed by atoms with van der Waals surface area (Å²) in [7, 11) is 1.24. The normalized spacial score (nSPS) is 14.7. The zero-order valence-electron chi connectivity index (χ0n) is 21.8. The van der Waals surface area contributed by atoms with Crippen LogP contribution in [0.3, 0.4) is 0 Å². The van der Waals surface area contributed by atoms with Crippen LogP contribution in [-0.4, -0.2) is 48.8 Å². The maximum Gasteiger partial charge on any atom is 0.416 e. The number of rotatable bonds is 9. The smallest absolute Gasteiger partial charge is 0.416 e. The van der Waals surface area contributed by atoms with Gasteiger partial charge in [-0.2, -0.15) is 13.2 Å². The Hall–Kier alpha value is -4.19. The zero-order chi connectivity index (χ0) is 29.0. The van der Waals surface area contributed by atoms with Crippen molar-refractivity contribution in [2.45, 2.75) is 20.0 Å². The van der Waals surface area contributed by atoms with E-state index < -0.39 is 35.3 Å². The summed E-state index contributed by atoms with van der Waals surface area (Å²) in [5.41, 5.74) is -0.679. The van der Waals surface area contributed by atoms with Crippen molar-refractivity contribution >= 4 is 51.4 Å². The third-order valence-electron chi connectivity index (χ3n) is 5.86. The summed E-state index contributed by atoms with van der Waals surface area (Å²) in [5, 5.41) is 3.19. The lowest BCUT2D eigenvalue weighted by atomic mass is 10.0. The molecule has 1 aliphatic heterocycles. The minimum atomic E-state index is -4.64. The van der Waals surface area contributed by atoms with Gasteiger partial charge in [0.2, 0.25) is 5.91 Å². The molecule has 12 heteroatoms. The molecule has 1 fully saturated rings. The molecule has 1 aliphatic rings. The molecule has 0 aromatic heterocycles. The highest BCUT2D eigenvalue weighted by molar-refractivity contribution is 8.18. The Morgan fingerprint density at radius 2 is 1.70 bits per heavy atom. The first-order chi connectivity index (χ1) is 19.0. The van der Waals surface area contributed by atoms with E-state index in [-0.39, 0.29) is 16.3 Å². The monoisotopic (exact) mass is 574 g/mol. The Kier molecular flexibility index (Phi) is 8.58. The molecule has 3 aromatic rings. The standard InChI is InChI=1S/C28H25F3N2O6S/c1-4-38-18-9-6-16-7-10-22(39-5-2)20(19(16)13-18)14-24-26(35)33(27(36)40-24)15-25(34)32-21-12-17(28(29,30)31)8-11-23(21)37-3/h6-14H,4-5,15H2,1-3H3,(H,32,34)/b24-14-. The van der Waals surface area contributed by atoms with Crippen molar-refractivity contribution in [1.82, 2.24) is 4.90 Å². The number of methoxy groups -OCH3 is 1. The number of hydrogen-bond acceptors (Lipinski definition) is 7. The highest BCUT2D eigenvalue weighted by atomic mass is 32.2. The average molecular weight is 575 g/mol. The minimum Gasteiger partial charge on any atom is -0.495 e. The molecule has 40 heavy (non-hydrogen) atoms. The topological polar surface area (TPSA) is 94.2 Å². The maximum atomic E-state index is 13.2.